The Hall–Kier alpha value is -1.13. The van der Waals surface area contributed by atoms with E-state index >= 15 is 0 Å². The van der Waals surface area contributed by atoms with Crippen molar-refractivity contribution in [1.29, 1.82) is 0 Å². The maximum Gasteiger partial charge on any atom is 0.254 e. The van der Waals surface area contributed by atoms with Gasteiger partial charge in [0.15, 0.2) is 0 Å². The Morgan fingerprint density at radius 2 is 2.10 bits per heavy atom. The molecule has 0 spiro atoms. The van der Waals surface area contributed by atoms with E-state index in [9.17, 15) is 9.18 Å². The van der Waals surface area contributed by atoms with Crippen LogP contribution >= 0.6 is 11.6 Å². The van der Waals surface area contributed by atoms with Crippen molar-refractivity contribution in [1.82, 2.24) is 5.32 Å². The topological polar surface area (TPSA) is 55.1 Å². The normalized spacial score (nSPS) is 17.8. The van der Waals surface area contributed by atoms with Crippen molar-refractivity contribution >= 4 is 17.5 Å². The van der Waals surface area contributed by atoms with Gasteiger partial charge in [-0.25, -0.2) is 4.39 Å². The summed E-state index contributed by atoms with van der Waals surface area (Å²) < 4.78 is 13.7. The minimum absolute atomic E-state index is 0.0173. The van der Waals surface area contributed by atoms with Gasteiger partial charge in [0, 0.05) is 17.6 Å². The molecule has 1 aromatic carbocycles. The fourth-order valence-electron chi connectivity index (χ4n) is 2.83. The number of amides is 1. The molecule has 0 bridgehead atoms. The van der Waals surface area contributed by atoms with Crippen LogP contribution in [0.15, 0.2) is 18.2 Å². The maximum atomic E-state index is 13.7. The summed E-state index contributed by atoms with van der Waals surface area (Å²) in [5, 5.41) is 3.15. The lowest BCUT2D eigenvalue weighted by Crippen LogP contribution is -2.46. The zero-order valence-corrected chi connectivity index (χ0v) is 12.1. The van der Waals surface area contributed by atoms with Crippen LogP contribution in [0.2, 0.25) is 5.02 Å². The summed E-state index contributed by atoms with van der Waals surface area (Å²) in [4.78, 5) is 12.1. The molecule has 1 aromatic rings. The number of nitrogens with two attached hydrogens (primary N) is 1. The zero-order valence-electron chi connectivity index (χ0n) is 11.4. The monoisotopic (exact) mass is 298 g/mol. The van der Waals surface area contributed by atoms with Crippen LogP contribution in [0.1, 0.15) is 42.5 Å². The first-order valence-corrected chi connectivity index (χ1v) is 7.45. The summed E-state index contributed by atoms with van der Waals surface area (Å²) in [5.74, 6) is -0.623. The lowest BCUT2D eigenvalue weighted by Gasteiger charge is -2.30. The van der Waals surface area contributed by atoms with Gasteiger partial charge in [0.2, 0.25) is 0 Å². The molecule has 0 aromatic heterocycles. The highest BCUT2D eigenvalue weighted by Crippen LogP contribution is 2.26. The standard InChI is InChI=1S/C15H20ClFN2O/c16-11-6-7-12(13(17)8-11)15(20)19-14(9-18)10-4-2-1-3-5-10/h6-8,10,14H,1-5,9,18H2,(H,19,20). The largest absolute Gasteiger partial charge is 0.348 e. The van der Waals surface area contributed by atoms with Gasteiger partial charge in [-0.3, -0.25) is 4.79 Å². The van der Waals surface area contributed by atoms with Crippen molar-refractivity contribution in [2.45, 2.75) is 38.1 Å². The predicted octanol–water partition coefficient (Wildman–Crippen LogP) is 3.12. The second-order valence-electron chi connectivity index (χ2n) is 5.34. The summed E-state index contributed by atoms with van der Waals surface area (Å²) in [7, 11) is 0. The molecule has 5 heteroatoms. The number of rotatable bonds is 4. The van der Waals surface area contributed by atoms with Crippen molar-refractivity contribution in [3.8, 4) is 0 Å². The summed E-state index contributed by atoms with van der Waals surface area (Å²) in [6, 6.07) is 3.98. The van der Waals surface area contributed by atoms with E-state index in [0.717, 1.165) is 18.9 Å². The number of nitrogens with one attached hydrogen (secondary N) is 1. The number of halogens is 2. The molecular weight excluding hydrogens is 279 g/mol. The predicted molar refractivity (Wildman–Crippen MR) is 78.3 cm³/mol. The van der Waals surface area contributed by atoms with Gasteiger partial charge < -0.3 is 11.1 Å². The Balaban J connectivity index is 2.04. The summed E-state index contributed by atoms with van der Waals surface area (Å²) in [6.45, 7) is 0.381. The van der Waals surface area contributed by atoms with Crippen molar-refractivity contribution in [2.75, 3.05) is 6.54 Å². The second-order valence-corrected chi connectivity index (χ2v) is 5.77. The number of benzene rings is 1. The Bertz CT molecular complexity index is 475. The van der Waals surface area contributed by atoms with Crippen LogP contribution in [-0.2, 0) is 0 Å². The molecule has 1 aliphatic rings. The van der Waals surface area contributed by atoms with E-state index in [1.807, 2.05) is 0 Å². The Labute approximate surface area is 123 Å². The number of hydrogen-bond acceptors (Lipinski definition) is 2. The average molecular weight is 299 g/mol. The third kappa shape index (κ3) is 3.70. The first kappa shape index (κ1) is 15.3. The Morgan fingerprint density at radius 3 is 2.70 bits per heavy atom. The Kier molecular flexibility index (Phi) is 5.38. The molecule has 2 rings (SSSR count). The van der Waals surface area contributed by atoms with E-state index in [0.29, 0.717) is 12.5 Å². The van der Waals surface area contributed by atoms with Crippen LogP contribution in [0.4, 0.5) is 4.39 Å². The van der Waals surface area contributed by atoms with Crippen molar-refractivity contribution in [2.24, 2.45) is 11.7 Å². The lowest BCUT2D eigenvalue weighted by atomic mass is 9.84. The highest BCUT2D eigenvalue weighted by molar-refractivity contribution is 6.30. The average Bonchev–Trinajstić information content (AvgIpc) is 2.45. The van der Waals surface area contributed by atoms with Gasteiger partial charge in [-0.05, 0) is 37.0 Å². The third-order valence-corrected chi connectivity index (χ3v) is 4.20. The van der Waals surface area contributed by atoms with Gasteiger partial charge in [-0.2, -0.15) is 0 Å². The van der Waals surface area contributed by atoms with Crippen LogP contribution in [0.25, 0.3) is 0 Å². The minimum Gasteiger partial charge on any atom is -0.348 e. The molecule has 0 aliphatic heterocycles. The van der Waals surface area contributed by atoms with Crippen molar-refractivity contribution in [3.05, 3.63) is 34.6 Å². The highest BCUT2D eigenvalue weighted by atomic mass is 35.5. The fraction of sp³-hybridized carbons (Fsp3) is 0.533. The smallest absolute Gasteiger partial charge is 0.254 e. The number of carbonyl (C=O) groups is 1. The van der Waals surface area contributed by atoms with Gasteiger partial charge in [0.05, 0.1) is 5.56 Å². The molecule has 1 amide bonds. The molecule has 1 unspecified atom stereocenters. The summed E-state index contributed by atoms with van der Waals surface area (Å²) in [6.07, 6.45) is 5.74. The van der Waals surface area contributed by atoms with Crippen LogP contribution < -0.4 is 11.1 Å². The van der Waals surface area contributed by atoms with Crippen LogP contribution in [0.5, 0.6) is 0 Å². The first-order chi connectivity index (χ1) is 9.61. The van der Waals surface area contributed by atoms with Crippen LogP contribution in [0.3, 0.4) is 0 Å². The number of hydrogen-bond donors (Lipinski definition) is 2. The quantitative estimate of drug-likeness (QED) is 0.897. The Morgan fingerprint density at radius 1 is 1.40 bits per heavy atom. The maximum absolute atomic E-state index is 13.7. The molecule has 0 saturated heterocycles. The van der Waals surface area contributed by atoms with E-state index < -0.39 is 11.7 Å². The van der Waals surface area contributed by atoms with Gasteiger partial charge in [0.1, 0.15) is 5.82 Å². The second kappa shape index (κ2) is 7.04. The lowest BCUT2D eigenvalue weighted by molar-refractivity contribution is 0.0911. The van der Waals surface area contributed by atoms with Crippen LogP contribution in [0, 0.1) is 11.7 Å². The molecule has 3 N–H and O–H groups in total. The van der Waals surface area contributed by atoms with Crippen molar-refractivity contribution < 1.29 is 9.18 Å². The zero-order chi connectivity index (χ0) is 14.5. The summed E-state index contributed by atoms with van der Waals surface area (Å²) >= 11 is 5.68. The molecule has 0 radical (unpaired) electrons. The molecule has 1 saturated carbocycles. The number of carbonyl (C=O) groups excluding carboxylic acids is 1. The van der Waals surface area contributed by atoms with E-state index in [2.05, 4.69) is 5.32 Å². The molecule has 110 valence electrons. The summed E-state index contributed by atoms with van der Waals surface area (Å²) in [5.41, 5.74) is 5.78. The van der Waals surface area contributed by atoms with E-state index in [1.165, 1.54) is 31.4 Å². The van der Waals surface area contributed by atoms with Crippen LogP contribution in [-0.4, -0.2) is 18.5 Å². The molecule has 1 atom stereocenters. The molecule has 1 fully saturated rings. The van der Waals surface area contributed by atoms with Gasteiger partial charge >= 0.3 is 0 Å². The first-order valence-electron chi connectivity index (χ1n) is 7.08. The van der Waals surface area contributed by atoms with Gasteiger partial charge in [-0.1, -0.05) is 30.9 Å². The van der Waals surface area contributed by atoms with E-state index in [4.69, 9.17) is 17.3 Å². The molecule has 20 heavy (non-hydrogen) atoms. The van der Waals surface area contributed by atoms with Crippen molar-refractivity contribution in [3.63, 3.8) is 0 Å². The molecule has 0 heterocycles. The third-order valence-electron chi connectivity index (χ3n) is 3.97. The minimum atomic E-state index is -0.602. The van der Waals surface area contributed by atoms with E-state index in [1.54, 1.807) is 0 Å². The highest BCUT2D eigenvalue weighted by Gasteiger charge is 2.25. The fourth-order valence-corrected chi connectivity index (χ4v) is 2.98. The SMILES string of the molecule is NCC(NC(=O)c1ccc(Cl)cc1F)C1CCCCC1. The molecular formula is C15H20ClFN2O. The van der Waals surface area contributed by atoms with Gasteiger partial charge in [0.25, 0.3) is 5.91 Å². The molecule has 1 aliphatic carbocycles. The van der Waals surface area contributed by atoms with Gasteiger partial charge in [-0.15, -0.1) is 0 Å². The molecule has 3 nitrogen and oxygen atoms in total. The van der Waals surface area contributed by atoms with E-state index in [-0.39, 0.29) is 16.6 Å².